The van der Waals surface area contributed by atoms with E-state index in [-0.39, 0.29) is 5.54 Å². The molecule has 0 aliphatic heterocycles. The van der Waals surface area contributed by atoms with Gasteiger partial charge in [0.15, 0.2) is 0 Å². The van der Waals surface area contributed by atoms with Crippen molar-refractivity contribution in [2.45, 2.75) is 77.3 Å². The molecule has 19 heavy (non-hydrogen) atoms. The van der Waals surface area contributed by atoms with Gasteiger partial charge in [-0.15, -0.1) is 0 Å². The highest BCUT2D eigenvalue weighted by Crippen LogP contribution is 2.27. The summed E-state index contributed by atoms with van der Waals surface area (Å²) >= 11 is 0. The first kappa shape index (κ1) is 14.6. The van der Waals surface area contributed by atoms with E-state index in [4.69, 9.17) is 0 Å². The Morgan fingerprint density at radius 1 is 1.26 bits per heavy atom. The van der Waals surface area contributed by atoms with Gasteiger partial charge in [0.2, 0.25) is 0 Å². The van der Waals surface area contributed by atoms with Crippen molar-refractivity contribution >= 4 is 0 Å². The molecule has 1 heterocycles. The minimum atomic E-state index is 0.228. The minimum absolute atomic E-state index is 0.228. The Bertz CT molecular complexity index is 370. The molecule has 1 aliphatic carbocycles. The van der Waals surface area contributed by atoms with Gasteiger partial charge in [-0.25, -0.2) is 0 Å². The Labute approximate surface area is 117 Å². The van der Waals surface area contributed by atoms with Crippen molar-refractivity contribution in [3.8, 4) is 0 Å². The van der Waals surface area contributed by atoms with E-state index in [0.717, 1.165) is 13.0 Å². The second-order valence-electron chi connectivity index (χ2n) is 6.90. The summed E-state index contributed by atoms with van der Waals surface area (Å²) in [6.07, 6.45) is 13.4. The molecule has 0 aromatic carbocycles. The lowest BCUT2D eigenvalue weighted by atomic mass is 9.96. The third kappa shape index (κ3) is 4.98. The summed E-state index contributed by atoms with van der Waals surface area (Å²) < 4.78 is 2.21. The van der Waals surface area contributed by atoms with Crippen molar-refractivity contribution in [2.24, 2.45) is 0 Å². The van der Waals surface area contributed by atoms with Crippen LogP contribution in [0.15, 0.2) is 12.4 Å². The van der Waals surface area contributed by atoms with Gasteiger partial charge in [-0.2, -0.15) is 5.10 Å². The van der Waals surface area contributed by atoms with Gasteiger partial charge in [0.1, 0.15) is 0 Å². The number of hydrogen-bond donors (Lipinski definition) is 1. The predicted octanol–water partition coefficient (Wildman–Crippen LogP) is 3.71. The number of aromatic nitrogens is 2. The highest BCUT2D eigenvalue weighted by Gasteiger charge is 2.15. The van der Waals surface area contributed by atoms with Crippen LogP contribution >= 0.6 is 0 Å². The van der Waals surface area contributed by atoms with Crippen molar-refractivity contribution in [3.05, 3.63) is 18.0 Å². The van der Waals surface area contributed by atoms with Gasteiger partial charge in [0.05, 0.1) is 12.2 Å². The summed E-state index contributed by atoms with van der Waals surface area (Å²) in [6.45, 7) is 7.73. The predicted molar refractivity (Wildman–Crippen MR) is 80.4 cm³/mol. The van der Waals surface area contributed by atoms with Gasteiger partial charge in [0.25, 0.3) is 0 Å². The largest absolute Gasteiger partial charge is 0.312 e. The first-order valence-corrected chi connectivity index (χ1v) is 7.83. The van der Waals surface area contributed by atoms with Crippen LogP contribution in [0, 0.1) is 0 Å². The molecule has 0 amide bonds. The van der Waals surface area contributed by atoms with E-state index < -0.39 is 0 Å². The Morgan fingerprint density at radius 2 is 2.00 bits per heavy atom. The third-order valence-electron chi connectivity index (χ3n) is 3.90. The summed E-state index contributed by atoms with van der Waals surface area (Å²) in [7, 11) is 0. The monoisotopic (exact) mass is 263 g/mol. The fourth-order valence-corrected chi connectivity index (χ4v) is 2.81. The van der Waals surface area contributed by atoms with Gasteiger partial charge in [-0.05, 0) is 58.6 Å². The Hall–Kier alpha value is -0.830. The summed E-state index contributed by atoms with van der Waals surface area (Å²) in [6, 6.07) is 0.662. The lowest BCUT2D eigenvalue weighted by Gasteiger charge is -2.21. The van der Waals surface area contributed by atoms with Crippen molar-refractivity contribution in [2.75, 3.05) is 6.54 Å². The van der Waals surface area contributed by atoms with Crippen molar-refractivity contribution in [1.29, 1.82) is 0 Å². The van der Waals surface area contributed by atoms with Crippen LogP contribution in [0.1, 0.15) is 70.9 Å². The summed E-state index contributed by atoms with van der Waals surface area (Å²) in [5.74, 6) is 0. The third-order valence-corrected chi connectivity index (χ3v) is 3.90. The molecule has 108 valence electrons. The van der Waals surface area contributed by atoms with E-state index in [1.54, 1.807) is 0 Å². The molecule has 0 unspecified atom stereocenters. The lowest BCUT2D eigenvalue weighted by Crippen LogP contribution is -2.36. The average Bonchev–Trinajstić information content (AvgIpc) is 2.83. The van der Waals surface area contributed by atoms with E-state index in [0.29, 0.717) is 6.04 Å². The van der Waals surface area contributed by atoms with E-state index >= 15 is 0 Å². The molecule has 3 heteroatoms. The van der Waals surface area contributed by atoms with Gasteiger partial charge in [0, 0.05) is 11.7 Å². The average molecular weight is 263 g/mol. The molecule has 0 saturated heterocycles. The Balaban J connectivity index is 1.74. The molecular formula is C16H29N3. The van der Waals surface area contributed by atoms with Gasteiger partial charge < -0.3 is 5.32 Å². The van der Waals surface area contributed by atoms with Crippen LogP contribution < -0.4 is 5.32 Å². The number of nitrogens with one attached hydrogen (secondary N) is 1. The zero-order valence-electron chi connectivity index (χ0n) is 12.8. The van der Waals surface area contributed by atoms with Crippen molar-refractivity contribution < 1.29 is 0 Å². The number of nitrogens with zero attached hydrogens (tertiary/aromatic N) is 2. The van der Waals surface area contributed by atoms with Crippen LogP contribution in [-0.2, 0) is 6.42 Å². The standard InChI is InChI=1S/C16H29N3/c1-16(2,3)17-11-7-8-14-12-18-19(13-14)15-9-5-4-6-10-15/h12-13,15,17H,4-11H2,1-3H3. The fourth-order valence-electron chi connectivity index (χ4n) is 2.81. The van der Waals surface area contributed by atoms with E-state index in [9.17, 15) is 0 Å². The molecule has 1 fully saturated rings. The number of aryl methyl sites for hydroxylation is 1. The molecule has 1 aliphatic rings. The van der Waals surface area contributed by atoms with Gasteiger partial charge in [-0.3, -0.25) is 4.68 Å². The highest BCUT2D eigenvalue weighted by atomic mass is 15.3. The molecule has 1 aromatic rings. The van der Waals surface area contributed by atoms with Crippen LogP contribution in [0.3, 0.4) is 0 Å². The topological polar surface area (TPSA) is 29.9 Å². The zero-order chi connectivity index (χ0) is 13.7. The van der Waals surface area contributed by atoms with Gasteiger partial charge in [-0.1, -0.05) is 19.3 Å². The van der Waals surface area contributed by atoms with E-state index in [1.165, 1.54) is 44.1 Å². The van der Waals surface area contributed by atoms with Crippen LogP contribution in [0.25, 0.3) is 0 Å². The van der Waals surface area contributed by atoms with Gasteiger partial charge >= 0.3 is 0 Å². The first-order valence-electron chi connectivity index (χ1n) is 7.83. The first-order chi connectivity index (χ1) is 9.04. The van der Waals surface area contributed by atoms with Crippen LogP contribution in [-0.4, -0.2) is 21.9 Å². The molecule has 1 saturated carbocycles. The van der Waals surface area contributed by atoms with E-state index in [2.05, 4.69) is 48.3 Å². The van der Waals surface area contributed by atoms with Crippen LogP contribution in [0.4, 0.5) is 0 Å². The summed E-state index contributed by atoms with van der Waals surface area (Å²) in [5.41, 5.74) is 1.62. The molecule has 1 aromatic heterocycles. The van der Waals surface area contributed by atoms with Crippen molar-refractivity contribution in [1.82, 2.24) is 15.1 Å². The highest BCUT2D eigenvalue weighted by molar-refractivity contribution is 5.05. The van der Waals surface area contributed by atoms with E-state index in [1.807, 2.05) is 0 Å². The summed E-state index contributed by atoms with van der Waals surface area (Å²) in [4.78, 5) is 0. The maximum Gasteiger partial charge on any atom is 0.0521 e. The Morgan fingerprint density at radius 3 is 2.68 bits per heavy atom. The summed E-state index contributed by atoms with van der Waals surface area (Å²) in [5, 5.41) is 8.10. The lowest BCUT2D eigenvalue weighted by molar-refractivity contribution is 0.329. The minimum Gasteiger partial charge on any atom is -0.312 e. The number of hydrogen-bond acceptors (Lipinski definition) is 2. The quantitative estimate of drug-likeness (QED) is 0.821. The molecule has 0 bridgehead atoms. The molecular weight excluding hydrogens is 234 g/mol. The Kier molecular flexibility index (Phi) is 5.03. The molecule has 0 atom stereocenters. The van der Waals surface area contributed by atoms with Crippen LogP contribution in [0.2, 0.25) is 0 Å². The van der Waals surface area contributed by atoms with Crippen molar-refractivity contribution in [3.63, 3.8) is 0 Å². The second kappa shape index (κ2) is 6.56. The molecule has 0 spiro atoms. The molecule has 1 N–H and O–H groups in total. The molecule has 3 nitrogen and oxygen atoms in total. The maximum atomic E-state index is 4.56. The molecule has 0 radical (unpaired) electrons. The maximum absolute atomic E-state index is 4.56. The second-order valence-corrected chi connectivity index (χ2v) is 6.90. The fraction of sp³-hybridized carbons (Fsp3) is 0.812. The molecule has 2 rings (SSSR count). The zero-order valence-corrected chi connectivity index (χ0v) is 12.8. The van der Waals surface area contributed by atoms with Crippen LogP contribution in [0.5, 0.6) is 0 Å². The smallest absolute Gasteiger partial charge is 0.0521 e. The normalized spacial score (nSPS) is 17.8. The number of rotatable bonds is 5. The SMILES string of the molecule is CC(C)(C)NCCCc1cnn(C2CCCCC2)c1.